The van der Waals surface area contributed by atoms with E-state index in [0.717, 1.165) is 17.2 Å². The number of carbonyl (C=O) groups excluding carboxylic acids is 2. The van der Waals surface area contributed by atoms with Gasteiger partial charge in [-0.1, -0.05) is 39.0 Å². The van der Waals surface area contributed by atoms with Gasteiger partial charge in [-0.25, -0.2) is 0 Å². The van der Waals surface area contributed by atoms with Crippen LogP contribution in [0.25, 0.3) is 0 Å². The summed E-state index contributed by atoms with van der Waals surface area (Å²) in [6, 6.07) is 16.6. The lowest BCUT2D eigenvalue weighted by Gasteiger charge is -2.40. The van der Waals surface area contributed by atoms with Crippen LogP contribution in [0.4, 0.5) is 5.69 Å². The molecule has 0 aliphatic carbocycles. The highest BCUT2D eigenvalue weighted by Crippen LogP contribution is 2.27. The number of nitrogens with zero attached hydrogens (tertiary/aromatic N) is 2. The first-order valence-electron chi connectivity index (χ1n) is 9.68. The number of piperazine rings is 1. The lowest BCUT2D eigenvalue weighted by molar-refractivity contribution is -0.142. The van der Waals surface area contributed by atoms with Crippen LogP contribution < -0.4 is 9.64 Å². The lowest BCUT2D eigenvalue weighted by atomic mass is 9.91. The van der Waals surface area contributed by atoms with Gasteiger partial charge in [0.2, 0.25) is 11.8 Å². The van der Waals surface area contributed by atoms with Crippen molar-refractivity contribution < 1.29 is 14.3 Å². The van der Waals surface area contributed by atoms with E-state index in [4.69, 9.17) is 4.74 Å². The molecule has 1 aliphatic rings. The fourth-order valence-electron chi connectivity index (χ4n) is 3.34. The Morgan fingerprint density at radius 2 is 1.61 bits per heavy atom. The smallest absolute Gasteiger partial charge is 0.249 e. The van der Waals surface area contributed by atoms with Gasteiger partial charge in [0.1, 0.15) is 17.5 Å². The second-order valence-corrected chi connectivity index (χ2v) is 8.40. The van der Waals surface area contributed by atoms with E-state index in [1.807, 2.05) is 82.3 Å². The Morgan fingerprint density at radius 3 is 2.21 bits per heavy atom. The van der Waals surface area contributed by atoms with Crippen molar-refractivity contribution in [1.29, 1.82) is 0 Å². The fourth-order valence-corrected chi connectivity index (χ4v) is 3.34. The first-order valence-corrected chi connectivity index (χ1v) is 9.68. The molecule has 0 saturated carbocycles. The second kappa shape index (κ2) is 8.05. The molecule has 1 fully saturated rings. The van der Waals surface area contributed by atoms with Crippen molar-refractivity contribution >= 4 is 17.5 Å². The number of benzene rings is 2. The monoisotopic (exact) mass is 380 g/mol. The molecule has 0 unspecified atom stereocenters. The van der Waals surface area contributed by atoms with Crippen LogP contribution in [0.5, 0.6) is 11.5 Å². The molecule has 0 bridgehead atoms. The van der Waals surface area contributed by atoms with Gasteiger partial charge in [0.05, 0.1) is 0 Å². The van der Waals surface area contributed by atoms with Crippen LogP contribution in [-0.4, -0.2) is 35.8 Å². The number of ether oxygens (including phenoxy) is 1. The molecular formula is C23H28N2O3. The zero-order valence-electron chi connectivity index (χ0n) is 17.0. The SMILES string of the molecule is C[C@@H]1C(=O)N(c2ccc(Oc3ccccc3)cc2)CCN1C(=O)CC(C)(C)C. The summed E-state index contributed by atoms with van der Waals surface area (Å²) in [6.07, 6.45) is 0.441. The fraction of sp³-hybridized carbons (Fsp3) is 0.391. The first kappa shape index (κ1) is 19.9. The summed E-state index contributed by atoms with van der Waals surface area (Å²) in [5, 5.41) is 0. The van der Waals surface area contributed by atoms with Crippen molar-refractivity contribution in [1.82, 2.24) is 4.90 Å². The highest BCUT2D eigenvalue weighted by molar-refractivity contribution is 6.00. The third-order valence-electron chi connectivity index (χ3n) is 4.78. The summed E-state index contributed by atoms with van der Waals surface area (Å²) in [7, 11) is 0. The zero-order valence-corrected chi connectivity index (χ0v) is 17.0. The predicted octanol–water partition coefficient (Wildman–Crippen LogP) is 4.48. The standard InChI is InChI=1S/C23H28N2O3/c1-17-22(27)25(15-14-24(17)21(26)16-23(2,3)4)18-10-12-20(13-11-18)28-19-8-6-5-7-9-19/h5-13,17H,14-16H2,1-4H3/t17-/m1/s1. The van der Waals surface area contributed by atoms with Crippen LogP contribution in [0.3, 0.4) is 0 Å². The molecule has 0 N–H and O–H groups in total. The van der Waals surface area contributed by atoms with E-state index < -0.39 is 6.04 Å². The molecular weight excluding hydrogens is 352 g/mol. The average Bonchev–Trinajstić information content (AvgIpc) is 2.64. The maximum Gasteiger partial charge on any atom is 0.249 e. The van der Waals surface area contributed by atoms with E-state index in [0.29, 0.717) is 19.5 Å². The molecule has 3 rings (SSSR count). The van der Waals surface area contributed by atoms with Crippen molar-refractivity contribution in [2.45, 2.75) is 40.2 Å². The molecule has 0 spiro atoms. The van der Waals surface area contributed by atoms with Crippen LogP contribution in [0, 0.1) is 5.41 Å². The summed E-state index contributed by atoms with van der Waals surface area (Å²) in [6.45, 7) is 8.95. The topological polar surface area (TPSA) is 49.9 Å². The number of hydrogen-bond donors (Lipinski definition) is 0. The van der Waals surface area contributed by atoms with Gasteiger partial charge in [0, 0.05) is 25.2 Å². The number of para-hydroxylation sites is 1. The van der Waals surface area contributed by atoms with E-state index in [9.17, 15) is 9.59 Å². The molecule has 1 aliphatic heterocycles. The number of rotatable bonds is 4. The molecule has 2 amide bonds. The van der Waals surface area contributed by atoms with Gasteiger partial charge in [0.25, 0.3) is 0 Å². The first-order chi connectivity index (χ1) is 13.2. The van der Waals surface area contributed by atoms with Crippen molar-refractivity contribution in [2.24, 2.45) is 5.41 Å². The molecule has 28 heavy (non-hydrogen) atoms. The van der Waals surface area contributed by atoms with E-state index in [1.165, 1.54) is 0 Å². The highest BCUT2D eigenvalue weighted by atomic mass is 16.5. The third-order valence-corrected chi connectivity index (χ3v) is 4.78. The Bertz CT molecular complexity index is 825. The van der Waals surface area contributed by atoms with Crippen LogP contribution in [0.15, 0.2) is 54.6 Å². The summed E-state index contributed by atoms with van der Waals surface area (Å²) >= 11 is 0. The summed E-state index contributed by atoms with van der Waals surface area (Å²) in [5.74, 6) is 1.48. The van der Waals surface area contributed by atoms with Gasteiger partial charge in [-0.15, -0.1) is 0 Å². The largest absolute Gasteiger partial charge is 0.457 e. The maximum absolute atomic E-state index is 12.9. The van der Waals surface area contributed by atoms with E-state index in [-0.39, 0.29) is 17.2 Å². The molecule has 5 heteroatoms. The molecule has 1 atom stereocenters. The zero-order chi connectivity index (χ0) is 20.3. The number of amides is 2. The third kappa shape index (κ3) is 4.71. The van der Waals surface area contributed by atoms with Gasteiger partial charge in [-0.05, 0) is 48.7 Å². The molecule has 2 aromatic rings. The van der Waals surface area contributed by atoms with E-state index >= 15 is 0 Å². The van der Waals surface area contributed by atoms with Crippen LogP contribution >= 0.6 is 0 Å². The predicted molar refractivity (Wildman–Crippen MR) is 111 cm³/mol. The Labute approximate surface area is 166 Å². The van der Waals surface area contributed by atoms with Gasteiger partial charge in [0.15, 0.2) is 0 Å². The minimum absolute atomic E-state index is 0.0413. The summed E-state index contributed by atoms with van der Waals surface area (Å²) < 4.78 is 5.81. The van der Waals surface area contributed by atoms with Gasteiger partial charge in [-0.2, -0.15) is 0 Å². The normalized spacial score (nSPS) is 17.6. The molecule has 5 nitrogen and oxygen atoms in total. The number of carbonyl (C=O) groups is 2. The van der Waals surface area contributed by atoms with Crippen LogP contribution in [0.2, 0.25) is 0 Å². The van der Waals surface area contributed by atoms with E-state index in [2.05, 4.69) is 0 Å². The Morgan fingerprint density at radius 1 is 1.00 bits per heavy atom. The number of hydrogen-bond acceptors (Lipinski definition) is 3. The summed E-state index contributed by atoms with van der Waals surface area (Å²) in [5.41, 5.74) is 0.728. The van der Waals surface area contributed by atoms with Crippen molar-refractivity contribution in [3.63, 3.8) is 0 Å². The van der Waals surface area contributed by atoms with Crippen LogP contribution in [0.1, 0.15) is 34.1 Å². The van der Waals surface area contributed by atoms with Crippen molar-refractivity contribution in [3.05, 3.63) is 54.6 Å². The highest BCUT2D eigenvalue weighted by Gasteiger charge is 2.35. The van der Waals surface area contributed by atoms with Crippen molar-refractivity contribution in [3.8, 4) is 11.5 Å². The van der Waals surface area contributed by atoms with Crippen molar-refractivity contribution in [2.75, 3.05) is 18.0 Å². The molecule has 148 valence electrons. The van der Waals surface area contributed by atoms with Gasteiger partial charge >= 0.3 is 0 Å². The Kier molecular flexibility index (Phi) is 5.73. The molecule has 1 saturated heterocycles. The Balaban J connectivity index is 1.66. The molecule has 0 radical (unpaired) electrons. The average molecular weight is 380 g/mol. The lowest BCUT2D eigenvalue weighted by Crippen LogP contribution is -2.58. The molecule has 2 aromatic carbocycles. The molecule has 1 heterocycles. The molecule has 0 aromatic heterocycles. The quantitative estimate of drug-likeness (QED) is 0.786. The summed E-state index contributed by atoms with van der Waals surface area (Å²) in [4.78, 5) is 28.9. The van der Waals surface area contributed by atoms with E-state index in [1.54, 1.807) is 9.80 Å². The van der Waals surface area contributed by atoms with Crippen LogP contribution in [-0.2, 0) is 9.59 Å². The Hall–Kier alpha value is -2.82. The maximum atomic E-state index is 12.9. The minimum atomic E-state index is -0.455. The number of anilines is 1. The van der Waals surface area contributed by atoms with Gasteiger partial charge in [-0.3, -0.25) is 9.59 Å². The van der Waals surface area contributed by atoms with Gasteiger partial charge < -0.3 is 14.5 Å². The second-order valence-electron chi connectivity index (χ2n) is 8.40. The minimum Gasteiger partial charge on any atom is -0.457 e.